The van der Waals surface area contributed by atoms with Crippen LogP contribution in [0.1, 0.15) is 5.56 Å². The van der Waals surface area contributed by atoms with Gasteiger partial charge in [-0.15, -0.1) is 0 Å². The number of hydrogen-bond donors (Lipinski definition) is 1. The van der Waals surface area contributed by atoms with E-state index in [9.17, 15) is 15.2 Å². The lowest BCUT2D eigenvalue weighted by Gasteiger charge is -2.00. The van der Waals surface area contributed by atoms with Gasteiger partial charge in [-0.25, -0.2) is 0 Å². The molecule has 108 valence electrons. The largest absolute Gasteiger partial charge is 0.502 e. The smallest absolute Gasteiger partial charge is 0.311 e. The van der Waals surface area contributed by atoms with Crippen molar-refractivity contribution in [3.63, 3.8) is 0 Å². The van der Waals surface area contributed by atoms with E-state index in [-0.39, 0.29) is 11.3 Å². The quantitative estimate of drug-likeness (QED) is 0.454. The highest BCUT2D eigenvalue weighted by molar-refractivity contribution is 5.88. The normalized spacial score (nSPS) is 11.1. The van der Waals surface area contributed by atoms with Gasteiger partial charge >= 0.3 is 5.69 Å². The van der Waals surface area contributed by atoms with Gasteiger partial charge < -0.3 is 5.11 Å². The van der Waals surface area contributed by atoms with E-state index in [1.807, 2.05) is 30.3 Å². The zero-order chi connectivity index (χ0) is 15.5. The van der Waals surface area contributed by atoms with Crippen LogP contribution in [0.5, 0.6) is 5.75 Å². The fraction of sp³-hybridized carbons (Fsp3) is 0. The number of benzene rings is 2. The van der Waals surface area contributed by atoms with Crippen molar-refractivity contribution in [2.45, 2.75) is 0 Å². The average Bonchev–Trinajstić information content (AvgIpc) is 2.53. The summed E-state index contributed by atoms with van der Waals surface area (Å²) in [5.74, 6) is -0.398. The summed E-state index contributed by atoms with van der Waals surface area (Å²) < 4.78 is 0. The number of aliphatic imine (C=N–C) groups is 1. The van der Waals surface area contributed by atoms with Crippen molar-refractivity contribution in [3.05, 3.63) is 70.4 Å². The summed E-state index contributed by atoms with van der Waals surface area (Å²) in [5.41, 5.74) is 1.40. The van der Waals surface area contributed by atoms with Crippen molar-refractivity contribution < 1.29 is 10.0 Å². The maximum absolute atomic E-state index is 10.8. The number of fused-ring (bicyclic) bond motifs is 1. The molecule has 0 aliphatic rings. The summed E-state index contributed by atoms with van der Waals surface area (Å²) in [4.78, 5) is 18.6. The molecule has 0 saturated carbocycles. The van der Waals surface area contributed by atoms with Crippen LogP contribution in [0.3, 0.4) is 0 Å². The summed E-state index contributed by atoms with van der Waals surface area (Å²) in [6.07, 6.45) is 2.99. The second-order valence-electron chi connectivity index (χ2n) is 4.62. The van der Waals surface area contributed by atoms with E-state index in [0.29, 0.717) is 5.69 Å². The average molecular weight is 293 g/mol. The molecule has 1 heterocycles. The molecular formula is C16H11N3O3. The number of phenolic OH excluding ortho intramolecular Hbond substituents is 1. The molecule has 6 nitrogen and oxygen atoms in total. The van der Waals surface area contributed by atoms with Gasteiger partial charge in [-0.05, 0) is 18.2 Å². The number of phenols is 1. The van der Waals surface area contributed by atoms with Crippen LogP contribution in [0.4, 0.5) is 11.4 Å². The first-order chi connectivity index (χ1) is 10.6. The second-order valence-corrected chi connectivity index (χ2v) is 4.62. The van der Waals surface area contributed by atoms with Crippen molar-refractivity contribution in [1.29, 1.82) is 0 Å². The number of pyridine rings is 1. The first-order valence-corrected chi connectivity index (χ1v) is 6.50. The molecule has 6 heteroatoms. The van der Waals surface area contributed by atoms with Crippen molar-refractivity contribution in [2.75, 3.05) is 0 Å². The van der Waals surface area contributed by atoms with Gasteiger partial charge in [0.1, 0.15) is 0 Å². The SMILES string of the molecule is O=[N+]([O-])c1cccc(C=Nc2cnc3ccccc3c2)c1O. The number of nitro benzene ring substituents is 1. The fourth-order valence-electron chi connectivity index (χ4n) is 2.07. The van der Waals surface area contributed by atoms with Gasteiger partial charge in [0.05, 0.1) is 22.3 Å². The number of hydrogen-bond acceptors (Lipinski definition) is 5. The Morgan fingerprint density at radius 3 is 2.82 bits per heavy atom. The molecule has 22 heavy (non-hydrogen) atoms. The minimum atomic E-state index is -0.635. The number of para-hydroxylation sites is 2. The molecule has 0 fully saturated rings. The molecule has 0 aliphatic carbocycles. The van der Waals surface area contributed by atoms with Gasteiger partial charge in [0.15, 0.2) is 0 Å². The standard InChI is InChI=1S/C16H11N3O3/c20-16-12(5-3-7-15(16)19(21)22)9-17-13-8-11-4-1-2-6-14(11)18-10-13/h1-10,20H. The molecule has 3 rings (SSSR count). The Hall–Kier alpha value is -3.28. The molecular weight excluding hydrogens is 282 g/mol. The predicted octanol–water partition coefficient (Wildman–Crippen LogP) is 3.60. The highest BCUT2D eigenvalue weighted by Crippen LogP contribution is 2.28. The third kappa shape index (κ3) is 2.62. The Balaban J connectivity index is 1.96. The van der Waals surface area contributed by atoms with E-state index in [1.54, 1.807) is 12.3 Å². The minimum absolute atomic E-state index is 0.280. The van der Waals surface area contributed by atoms with Crippen LogP contribution in [0.15, 0.2) is 59.7 Å². The molecule has 0 bridgehead atoms. The molecule has 3 aromatic rings. The highest BCUT2D eigenvalue weighted by atomic mass is 16.6. The van der Waals surface area contributed by atoms with Gasteiger partial charge in [-0.2, -0.15) is 0 Å². The molecule has 1 aromatic heterocycles. The van der Waals surface area contributed by atoms with E-state index >= 15 is 0 Å². The fourth-order valence-corrected chi connectivity index (χ4v) is 2.07. The zero-order valence-electron chi connectivity index (χ0n) is 11.4. The molecule has 0 spiro atoms. The summed E-state index contributed by atoms with van der Waals surface area (Å²) in [6, 6.07) is 13.8. The zero-order valence-corrected chi connectivity index (χ0v) is 11.4. The van der Waals surface area contributed by atoms with Gasteiger partial charge in [0.25, 0.3) is 0 Å². The van der Waals surface area contributed by atoms with E-state index in [0.717, 1.165) is 10.9 Å². The maximum atomic E-state index is 10.8. The molecule has 0 saturated heterocycles. The van der Waals surface area contributed by atoms with Crippen LogP contribution >= 0.6 is 0 Å². The molecule has 1 N–H and O–H groups in total. The Morgan fingerprint density at radius 2 is 2.00 bits per heavy atom. The first-order valence-electron chi connectivity index (χ1n) is 6.50. The van der Waals surface area contributed by atoms with Crippen molar-refractivity contribution >= 4 is 28.5 Å². The second kappa shape index (κ2) is 5.61. The predicted molar refractivity (Wildman–Crippen MR) is 83.8 cm³/mol. The van der Waals surface area contributed by atoms with E-state index in [1.165, 1.54) is 18.3 Å². The topological polar surface area (TPSA) is 88.6 Å². The maximum Gasteiger partial charge on any atom is 0.311 e. The lowest BCUT2D eigenvalue weighted by Crippen LogP contribution is -1.91. The molecule has 0 unspecified atom stereocenters. The summed E-state index contributed by atoms with van der Waals surface area (Å²) in [7, 11) is 0. The van der Waals surface area contributed by atoms with E-state index < -0.39 is 10.7 Å². The summed E-state index contributed by atoms with van der Waals surface area (Å²) >= 11 is 0. The summed E-state index contributed by atoms with van der Waals surface area (Å²) in [6.45, 7) is 0. The third-order valence-corrected chi connectivity index (χ3v) is 3.17. The molecule has 2 aromatic carbocycles. The minimum Gasteiger partial charge on any atom is -0.502 e. The van der Waals surface area contributed by atoms with Gasteiger partial charge in [0.2, 0.25) is 5.75 Å². The van der Waals surface area contributed by atoms with Gasteiger partial charge in [0, 0.05) is 23.2 Å². The molecule has 0 amide bonds. The number of aromatic nitrogens is 1. The van der Waals surface area contributed by atoms with Crippen molar-refractivity contribution in [3.8, 4) is 5.75 Å². The van der Waals surface area contributed by atoms with Crippen LogP contribution in [0.2, 0.25) is 0 Å². The van der Waals surface area contributed by atoms with Crippen LogP contribution in [-0.4, -0.2) is 21.2 Å². The van der Waals surface area contributed by atoms with Crippen molar-refractivity contribution in [1.82, 2.24) is 4.98 Å². The van der Waals surface area contributed by atoms with Crippen LogP contribution < -0.4 is 0 Å². The Bertz CT molecular complexity index is 891. The number of aromatic hydroxyl groups is 1. The summed E-state index contributed by atoms with van der Waals surface area (Å²) in [5, 5.41) is 21.6. The first kappa shape index (κ1) is 13.7. The number of nitro groups is 1. The van der Waals surface area contributed by atoms with Crippen molar-refractivity contribution in [2.24, 2.45) is 4.99 Å². The Morgan fingerprint density at radius 1 is 1.18 bits per heavy atom. The monoisotopic (exact) mass is 293 g/mol. The molecule has 0 atom stereocenters. The lowest BCUT2D eigenvalue weighted by molar-refractivity contribution is -0.385. The van der Waals surface area contributed by atoms with E-state index in [4.69, 9.17) is 0 Å². The number of rotatable bonds is 3. The third-order valence-electron chi connectivity index (χ3n) is 3.17. The Labute approximate surface area is 125 Å². The van der Waals surface area contributed by atoms with Gasteiger partial charge in [-0.3, -0.25) is 20.1 Å². The van der Waals surface area contributed by atoms with Crippen LogP contribution in [-0.2, 0) is 0 Å². The Kier molecular flexibility index (Phi) is 3.49. The van der Waals surface area contributed by atoms with Crippen LogP contribution in [0, 0.1) is 10.1 Å². The van der Waals surface area contributed by atoms with Crippen LogP contribution in [0.25, 0.3) is 10.9 Å². The number of nitrogens with zero attached hydrogens (tertiary/aromatic N) is 3. The molecule has 0 radical (unpaired) electrons. The lowest BCUT2D eigenvalue weighted by atomic mass is 10.2. The molecule has 0 aliphatic heterocycles. The van der Waals surface area contributed by atoms with Gasteiger partial charge in [-0.1, -0.05) is 24.3 Å². The highest BCUT2D eigenvalue weighted by Gasteiger charge is 2.14. The van der Waals surface area contributed by atoms with E-state index in [2.05, 4.69) is 9.98 Å².